The molecule has 0 amide bonds. The number of piperidine rings is 1. The van der Waals surface area contributed by atoms with Gasteiger partial charge in [-0.1, -0.05) is 29.4 Å². The van der Waals surface area contributed by atoms with Gasteiger partial charge in [0.1, 0.15) is 23.4 Å². The predicted molar refractivity (Wildman–Crippen MR) is 161 cm³/mol. The number of pyridine rings is 1. The van der Waals surface area contributed by atoms with Crippen LogP contribution in [0.25, 0.3) is 43.6 Å². The lowest BCUT2D eigenvalue weighted by atomic mass is 9.95. The van der Waals surface area contributed by atoms with Crippen LogP contribution >= 0.6 is 0 Å². The molecule has 1 aliphatic rings. The van der Waals surface area contributed by atoms with Crippen LogP contribution in [-0.4, -0.2) is 43.1 Å². The first-order chi connectivity index (χ1) is 20.4. The Balaban J connectivity index is 1.64. The molecule has 1 fully saturated rings. The minimum Gasteiger partial charge on any atom is -0.492 e. The fraction of sp³-hybridized carbons (Fsp3) is 0.281. The van der Waals surface area contributed by atoms with Gasteiger partial charge in [-0.15, -0.1) is 0 Å². The van der Waals surface area contributed by atoms with Crippen molar-refractivity contribution in [3.05, 3.63) is 88.2 Å². The highest BCUT2D eigenvalue weighted by molar-refractivity contribution is 6.02. The second-order valence-corrected chi connectivity index (χ2v) is 10.3. The number of ketones is 1. The lowest BCUT2D eigenvalue weighted by Crippen LogP contribution is -2.34. The molecule has 0 bridgehead atoms. The molecule has 1 saturated heterocycles. The van der Waals surface area contributed by atoms with Gasteiger partial charge in [0.05, 0.1) is 29.4 Å². The Kier molecular flexibility index (Phi) is 8.63. The summed E-state index contributed by atoms with van der Waals surface area (Å²) in [7, 11) is 0. The SMILES string of the molecule is Cc1cc(F)cc(-c2cnc3ccc(-c4cccc(C#N)c4OCCC(CN)N=[N+]=[N-])cc3c2N2CCC(=O)CC2)c1. The zero-order valence-electron chi connectivity index (χ0n) is 23.3. The van der Waals surface area contributed by atoms with Crippen LogP contribution in [0.3, 0.4) is 0 Å². The molecule has 212 valence electrons. The summed E-state index contributed by atoms with van der Waals surface area (Å²) in [6.45, 7) is 3.35. The quantitative estimate of drug-likeness (QED) is 0.141. The van der Waals surface area contributed by atoms with E-state index in [1.54, 1.807) is 18.3 Å². The number of benzene rings is 3. The van der Waals surface area contributed by atoms with E-state index in [-0.39, 0.29) is 24.8 Å². The van der Waals surface area contributed by atoms with E-state index in [2.05, 4.69) is 21.0 Å². The van der Waals surface area contributed by atoms with E-state index < -0.39 is 6.04 Å². The van der Waals surface area contributed by atoms with Gasteiger partial charge in [-0.05, 0) is 65.9 Å². The number of halogens is 1. The van der Waals surface area contributed by atoms with E-state index in [1.807, 2.05) is 37.3 Å². The molecule has 1 aliphatic heterocycles. The molecule has 9 nitrogen and oxygen atoms in total. The molecule has 5 rings (SSSR count). The molecule has 2 heterocycles. The summed E-state index contributed by atoms with van der Waals surface area (Å²) in [4.78, 5) is 21.8. The van der Waals surface area contributed by atoms with Gasteiger partial charge in [0.15, 0.2) is 0 Å². The number of ether oxygens (including phenoxy) is 1. The van der Waals surface area contributed by atoms with Gasteiger partial charge in [-0.25, -0.2) is 4.39 Å². The number of aromatic nitrogens is 1. The summed E-state index contributed by atoms with van der Waals surface area (Å²) in [6, 6.07) is 18.0. The minimum absolute atomic E-state index is 0.190. The fourth-order valence-electron chi connectivity index (χ4n) is 5.37. The topological polar surface area (TPSA) is 141 Å². The molecule has 1 aromatic heterocycles. The average Bonchev–Trinajstić information content (AvgIpc) is 2.99. The molecule has 10 heteroatoms. The van der Waals surface area contributed by atoms with Crippen LogP contribution < -0.4 is 15.4 Å². The van der Waals surface area contributed by atoms with Crippen molar-refractivity contribution in [3.63, 3.8) is 0 Å². The van der Waals surface area contributed by atoms with Gasteiger partial charge in [0.25, 0.3) is 0 Å². The van der Waals surface area contributed by atoms with Gasteiger partial charge in [-0.3, -0.25) is 9.78 Å². The highest BCUT2D eigenvalue weighted by Crippen LogP contribution is 2.41. The third-order valence-electron chi connectivity index (χ3n) is 7.46. The summed E-state index contributed by atoms with van der Waals surface area (Å²) >= 11 is 0. The van der Waals surface area contributed by atoms with Crippen LogP contribution in [0.15, 0.2) is 65.9 Å². The number of azide groups is 1. The monoisotopic (exact) mass is 563 g/mol. The summed E-state index contributed by atoms with van der Waals surface area (Å²) in [5, 5.41) is 14.4. The number of rotatable bonds is 9. The van der Waals surface area contributed by atoms with Crippen LogP contribution in [0, 0.1) is 24.1 Å². The van der Waals surface area contributed by atoms with Crippen molar-refractivity contribution in [2.45, 2.75) is 32.2 Å². The van der Waals surface area contributed by atoms with Gasteiger partial charge < -0.3 is 15.4 Å². The molecule has 42 heavy (non-hydrogen) atoms. The maximum Gasteiger partial charge on any atom is 0.144 e. The van der Waals surface area contributed by atoms with Gasteiger partial charge >= 0.3 is 0 Å². The standard InChI is InChI=1S/C32H30FN7O2/c1-20-13-23(15-24(33)14-20)29-19-37-30-6-5-21(16-28(30)31(29)40-10-7-26(41)8-11-40)27-4-2-3-22(17-34)32(27)42-12-9-25(18-35)38-39-36/h2-6,13-16,19,25H,7-12,18,35H2,1H3. The maximum absolute atomic E-state index is 14.5. The summed E-state index contributed by atoms with van der Waals surface area (Å²) in [5.74, 6) is 0.318. The zero-order chi connectivity index (χ0) is 29.6. The molecule has 2 N–H and O–H groups in total. The smallest absolute Gasteiger partial charge is 0.144 e. The Morgan fingerprint density at radius 1 is 1.17 bits per heavy atom. The number of nitrogens with two attached hydrogens (primary N) is 1. The molecule has 1 atom stereocenters. The number of Topliss-reactive ketones (excluding diaryl/α,β-unsaturated/α-hetero) is 1. The first kappa shape index (κ1) is 28.6. The first-order valence-electron chi connectivity index (χ1n) is 13.8. The molecule has 0 spiro atoms. The van der Waals surface area contributed by atoms with E-state index >= 15 is 0 Å². The maximum atomic E-state index is 14.5. The summed E-state index contributed by atoms with van der Waals surface area (Å²) in [6.07, 6.45) is 3.04. The van der Waals surface area contributed by atoms with E-state index in [9.17, 15) is 14.4 Å². The Bertz CT molecular complexity index is 1710. The number of aryl methyl sites for hydroxylation is 1. The summed E-state index contributed by atoms with van der Waals surface area (Å²) in [5.41, 5.74) is 20.3. The van der Waals surface area contributed by atoms with Crippen molar-refractivity contribution < 1.29 is 13.9 Å². The van der Waals surface area contributed by atoms with Crippen LogP contribution in [0.5, 0.6) is 5.75 Å². The number of nitriles is 1. The van der Waals surface area contributed by atoms with Crippen LogP contribution in [0.2, 0.25) is 0 Å². The Morgan fingerprint density at radius 2 is 1.98 bits per heavy atom. The fourth-order valence-corrected chi connectivity index (χ4v) is 5.37. The number of carbonyl (C=O) groups is 1. The van der Waals surface area contributed by atoms with Gasteiger partial charge in [0.2, 0.25) is 0 Å². The largest absolute Gasteiger partial charge is 0.492 e. The van der Waals surface area contributed by atoms with Crippen molar-refractivity contribution in [2.24, 2.45) is 10.8 Å². The highest BCUT2D eigenvalue weighted by atomic mass is 19.1. The lowest BCUT2D eigenvalue weighted by molar-refractivity contribution is -0.119. The van der Waals surface area contributed by atoms with Crippen LogP contribution in [0.4, 0.5) is 10.1 Å². The van der Waals surface area contributed by atoms with Crippen molar-refractivity contribution in [3.8, 4) is 34.1 Å². The Labute approximate surface area is 243 Å². The van der Waals surface area contributed by atoms with Crippen molar-refractivity contribution in [1.82, 2.24) is 4.98 Å². The van der Waals surface area contributed by atoms with Gasteiger partial charge in [-0.2, -0.15) is 5.26 Å². The van der Waals surface area contributed by atoms with E-state index in [0.717, 1.165) is 38.8 Å². The number of hydrogen-bond donors (Lipinski definition) is 1. The molecule has 1 unspecified atom stereocenters. The minimum atomic E-state index is -0.414. The van der Waals surface area contributed by atoms with Crippen molar-refractivity contribution in [1.29, 1.82) is 5.26 Å². The molecule has 0 saturated carbocycles. The Morgan fingerprint density at radius 3 is 2.69 bits per heavy atom. The predicted octanol–water partition coefficient (Wildman–Crippen LogP) is 6.46. The average molecular weight is 564 g/mol. The van der Waals surface area contributed by atoms with E-state index in [4.69, 9.17) is 21.0 Å². The van der Waals surface area contributed by atoms with Crippen LogP contribution in [-0.2, 0) is 4.79 Å². The third-order valence-corrected chi connectivity index (χ3v) is 7.46. The normalized spacial score (nSPS) is 13.9. The number of nitrogens with zero attached hydrogens (tertiary/aromatic N) is 6. The first-order valence-corrected chi connectivity index (χ1v) is 13.8. The van der Waals surface area contributed by atoms with E-state index in [0.29, 0.717) is 49.2 Å². The number of hydrogen-bond acceptors (Lipinski definition) is 7. The lowest BCUT2D eigenvalue weighted by Gasteiger charge is -2.31. The second-order valence-electron chi connectivity index (χ2n) is 10.3. The molecule has 0 radical (unpaired) electrons. The molecule has 3 aromatic carbocycles. The van der Waals surface area contributed by atoms with E-state index in [1.165, 1.54) is 12.1 Å². The van der Waals surface area contributed by atoms with Crippen LogP contribution in [0.1, 0.15) is 30.4 Å². The van der Waals surface area contributed by atoms with Crippen molar-refractivity contribution >= 4 is 22.4 Å². The zero-order valence-corrected chi connectivity index (χ0v) is 23.3. The third kappa shape index (κ3) is 6.03. The molecular weight excluding hydrogens is 533 g/mol. The number of anilines is 1. The Hall–Kier alpha value is -4.97. The highest BCUT2D eigenvalue weighted by Gasteiger charge is 2.23. The molecule has 0 aliphatic carbocycles. The van der Waals surface area contributed by atoms with Crippen molar-refractivity contribution in [2.75, 3.05) is 31.1 Å². The van der Waals surface area contributed by atoms with Gasteiger partial charge in [0, 0.05) is 60.1 Å². The molecule has 4 aromatic rings. The number of para-hydroxylation sites is 1. The number of fused-ring (bicyclic) bond motifs is 1. The summed E-state index contributed by atoms with van der Waals surface area (Å²) < 4.78 is 20.6. The second kappa shape index (κ2) is 12.7. The number of carbonyl (C=O) groups excluding carboxylic acids is 1. The molecular formula is C32H30FN7O2.